The Labute approximate surface area is 176 Å². The van der Waals surface area contributed by atoms with E-state index in [0.717, 1.165) is 24.8 Å². The number of rotatable bonds is 3. The van der Waals surface area contributed by atoms with Gasteiger partial charge < -0.3 is 13.9 Å². The molecule has 1 heterocycles. The van der Waals surface area contributed by atoms with E-state index in [0.29, 0.717) is 0 Å². The van der Waals surface area contributed by atoms with Crippen molar-refractivity contribution in [1.29, 1.82) is 0 Å². The molecule has 0 bridgehead atoms. The average molecular weight is 423 g/mol. The summed E-state index contributed by atoms with van der Waals surface area (Å²) < 4.78 is 18.6. The smallest absolute Gasteiger partial charge is 0.309 e. The molecular weight excluding hydrogens is 384 g/mol. The minimum atomic E-state index is -1.98. The fourth-order valence-corrected chi connectivity index (χ4v) is 6.52. The third-order valence-electron chi connectivity index (χ3n) is 8.05. The molecule has 0 radical (unpaired) electrons. The molecule has 3 aliphatic rings. The van der Waals surface area contributed by atoms with Crippen LogP contribution in [0.1, 0.15) is 67.7 Å². The molecule has 0 spiro atoms. The predicted molar refractivity (Wildman–Crippen MR) is 115 cm³/mol. The molecule has 6 heteroatoms. The molecule has 29 heavy (non-hydrogen) atoms. The van der Waals surface area contributed by atoms with Crippen molar-refractivity contribution in [3.63, 3.8) is 0 Å². The van der Waals surface area contributed by atoms with Crippen LogP contribution in [0.25, 0.3) is 0 Å². The van der Waals surface area contributed by atoms with E-state index in [2.05, 4.69) is 47.7 Å². The predicted octanol–water partition coefficient (Wildman–Crippen LogP) is 5.01. The molecule has 0 amide bonds. The SMILES string of the molecule is CC(=O)O[C@]1(C)CC[C@H]2[C@H](C)C(=O)O[C@@H]2C2=C(C)[C@@H](O[Si](C)(C)C(C)(C)C)C[C@H]21. The monoisotopic (exact) mass is 422 g/mol. The summed E-state index contributed by atoms with van der Waals surface area (Å²) in [6.07, 6.45) is 2.12. The summed E-state index contributed by atoms with van der Waals surface area (Å²) in [6.45, 7) is 18.9. The molecule has 1 aliphatic heterocycles. The van der Waals surface area contributed by atoms with Crippen LogP contribution in [-0.2, 0) is 23.5 Å². The van der Waals surface area contributed by atoms with E-state index < -0.39 is 13.9 Å². The highest BCUT2D eigenvalue weighted by atomic mass is 28.4. The van der Waals surface area contributed by atoms with Crippen molar-refractivity contribution in [2.75, 3.05) is 0 Å². The normalized spacial score (nSPS) is 37.7. The van der Waals surface area contributed by atoms with Gasteiger partial charge in [0.25, 0.3) is 0 Å². The van der Waals surface area contributed by atoms with Crippen molar-refractivity contribution in [2.24, 2.45) is 17.8 Å². The van der Waals surface area contributed by atoms with Crippen molar-refractivity contribution < 1.29 is 23.5 Å². The van der Waals surface area contributed by atoms with Crippen molar-refractivity contribution in [2.45, 2.75) is 104 Å². The molecule has 6 atom stereocenters. The molecule has 2 fully saturated rings. The summed E-state index contributed by atoms with van der Waals surface area (Å²) in [4.78, 5) is 24.3. The maximum atomic E-state index is 12.4. The van der Waals surface area contributed by atoms with Gasteiger partial charge in [-0.2, -0.15) is 0 Å². The van der Waals surface area contributed by atoms with E-state index in [1.807, 2.05) is 6.92 Å². The molecular formula is C23H38O5Si. The fraction of sp³-hybridized carbons (Fsp3) is 0.826. The highest BCUT2D eigenvalue weighted by molar-refractivity contribution is 6.74. The Morgan fingerprint density at radius 1 is 1.28 bits per heavy atom. The van der Waals surface area contributed by atoms with Gasteiger partial charge in [-0.15, -0.1) is 0 Å². The lowest BCUT2D eigenvalue weighted by Gasteiger charge is -2.40. The first-order valence-electron chi connectivity index (χ1n) is 11.0. The Hall–Kier alpha value is -1.14. The number of hydrogen-bond acceptors (Lipinski definition) is 5. The van der Waals surface area contributed by atoms with Gasteiger partial charge in [0.05, 0.1) is 12.0 Å². The zero-order chi connectivity index (χ0) is 21.9. The number of carbonyl (C=O) groups is 2. The minimum absolute atomic E-state index is 0.0147. The van der Waals surface area contributed by atoms with Gasteiger partial charge in [-0.25, -0.2) is 0 Å². The van der Waals surface area contributed by atoms with Crippen LogP contribution < -0.4 is 0 Å². The molecule has 1 saturated carbocycles. The average Bonchev–Trinajstić information content (AvgIpc) is 2.98. The molecule has 3 rings (SSSR count). The van der Waals surface area contributed by atoms with Crippen molar-refractivity contribution in [3.8, 4) is 0 Å². The lowest BCUT2D eigenvalue weighted by molar-refractivity contribution is -0.161. The van der Waals surface area contributed by atoms with Crippen LogP contribution in [0.2, 0.25) is 18.1 Å². The minimum Gasteiger partial charge on any atom is -0.459 e. The fourth-order valence-electron chi connectivity index (χ4n) is 5.18. The molecule has 0 unspecified atom stereocenters. The summed E-state index contributed by atoms with van der Waals surface area (Å²) in [7, 11) is -1.98. The number of fused-ring (bicyclic) bond motifs is 3. The first-order chi connectivity index (χ1) is 13.2. The van der Waals surface area contributed by atoms with Crippen molar-refractivity contribution in [3.05, 3.63) is 11.1 Å². The van der Waals surface area contributed by atoms with Gasteiger partial charge >= 0.3 is 11.9 Å². The summed E-state index contributed by atoms with van der Waals surface area (Å²) in [5.41, 5.74) is 1.74. The topological polar surface area (TPSA) is 61.8 Å². The second kappa shape index (κ2) is 7.22. The van der Waals surface area contributed by atoms with E-state index in [9.17, 15) is 9.59 Å². The lowest BCUT2D eigenvalue weighted by atomic mass is 9.81. The largest absolute Gasteiger partial charge is 0.459 e. The van der Waals surface area contributed by atoms with Gasteiger partial charge in [-0.1, -0.05) is 27.7 Å². The summed E-state index contributed by atoms with van der Waals surface area (Å²) >= 11 is 0. The summed E-state index contributed by atoms with van der Waals surface area (Å²) in [6, 6.07) is 0. The van der Waals surface area contributed by atoms with E-state index in [1.54, 1.807) is 0 Å². The molecule has 0 aromatic heterocycles. The molecule has 1 saturated heterocycles. The maximum absolute atomic E-state index is 12.4. The number of ether oxygens (including phenoxy) is 2. The maximum Gasteiger partial charge on any atom is 0.309 e. The Balaban J connectivity index is 2.03. The van der Waals surface area contributed by atoms with Gasteiger partial charge in [0.15, 0.2) is 8.32 Å². The standard InChI is InChI=1S/C23H38O5Si/c1-13-16-10-11-23(7,27-15(3)24)17-12-18(28-29(8,9)22(4,5)6)14(2)19(17)20(16)26-21(13)25/h13,16-18,20H,10-12H2,1-9H3/t13-,16-,17+,18-,20-,23+/m0/s1. The Kier molecular flexibility index (Phi) is 5.61. The Morgan fingerprint density at radius 2 is 1.90 bits per heavy atom. The van der Waals surface area contributed by atoms with E-state index in [-0.39, 0.29) is 46.9 Å². The Morgan fingerprint density at radius 3 is 2.45 bits per heavy atom. The first-order valence-corrected chi connectivity index (χ1v) is 13.9. The highest BCUT2D eigenvalue weighted by Crippen LogP contribution is 2.54. The van der Waals surface area contributed by atoms with Crippen LogP contribution >= 0.6 is 0 Å². The van der Waals surface area contributed by atoms with Crippen molar-refractivity contribution in [1.82, 2.24) is 0 Å². The first kappa shape index (κ1) is 22.5. The van der Waals surface area contributed by atoms with Crippen LogP contribution in [0.3, 0.4) is 0 Å². The van der Waals surface area contributed by atoms with Crippen LogP contribution in [-0.4, -0.2) is 38.1 Å². The summed E-state index contributed by atoms with van der Waals surface area (Å²) in [5, 5.41) is 0.110. The van der Waals surface area contributed by atoms with Gasteiger partial charge in [0.2, 0.25) is 0 Å². The van der Waals surface area contributed by atoms with E-state index >= 15 is 0 Å². The third kappa shape index (κ3) is 3.83. The van der Waals surface area contributed by atoms with Gasteiger partial charge in [0, 0.05) is 18.8 Å². The number of carbonyl (C=O) groups excluding carboxylic acids is 2. The molecule has 0 N–H and O–H groups in total. The van der Waals surface area contributed by atoms with Gasteiger partial charge in [-0.05, 0) is 62.4 Å². The highest BCUT2D eigenvalue weighted by Gasteiger charge is 2.57. The molecule has 164 valence electrons. The second-order valence-electron chi connectivity index (χ2n) is 11.0. The van der Waals surface area contributed by atoms with Gasteiger partial charge in [0.1, 0.15) is 11.7 Å². The molecule has 0 aromatic carbocycles. The number of esters is 2. The van der Waals surface area contributed by atoms with Crippen LogP contribution in [0, 0.1) is 17.8 Å². The molecule has 2 aliphatic carbocycles. The van der Waals surface area contributed by atoms with Gasteiger partial charge in [-0.3, -0.25) is 9.59 Å². The zero-order valence-electron chi connectivity index (χ0n) is 19.5. The lowest BCUT2D eigenvalue weighted by Crippen LogP contribution is -2.45. The number of hydrogen-bond donors (Lipinski definition) is 0. The molecule has 0 aromatic rings. The van der Waals surface area contributed by atoms with Crippen LogP contribution in [0.4, 0.5) is 0 Å². The summed E-state index contributed by atoms with van der Waals surface area (Å²) in [5.74, 6) is -0.325. The van der Waals surface area contributed by atoms with Crippen molar-refractivity contribution >= 4 is 20.3 Å². The Bertz CT molecular complexity index is 734. The van der Waals surface area contributed by atoms with Crippen LogP contribution in [0.15, 0.2) is 11.1 Å². The van der Waals surface area contributed by atoms with E-state index in [4.69, 9.17) is 13.9 Å². The second-order valence-corrected chi connectivity index (χ2v) is 15.8. The quantitative estimate of drug-likeness (QED) is 0.364. The third-order valence-corrected chi connectivity index (χ3v) is 12.5. The van der Waals surface area contributed by atoms with E-state index in [1.165, 1.54) is 12.5 Å². The zero-order valence-corrected chi connectivity index (χ0v) is 20.5. The molecule has 5 nitrogen and oxygen atoms in total. The van der Waals surface area contributed by atoms with Crippen LogP contribution in [0.5, 0.6) is 0 Å².